The van der Waals surface area contributed by atoms with Crippen LogP contribution in [0.5, 0.6) is 0 Å². The van der Waals surface area contributed by atoms with Crippen molar-refractivity contribution in [2.75, 3.05) is 0 Å². The van der Waals surface area contributed by atoms with Crippen molar-refractivity contribution >= 4 is 44.3 Å². The number of hydrogen-bond acceptors (Lipinski definition) is 2. The molecule has 5 rings (SSSR count). The highest BCUT2D eigenvalue weighted by Crippen LogP contribution is 2.36. The Morgan fingerprint density at radius 3 is 2.57 bits per heavy atom. The maximum atomic E-state index is 6.12. The van der Waals surface area contributed by atoms with E-state index in [4.69, 9.17) is 21.1 Å². The van der Waals surface area contributed by atoms with Crippen molar-refractivity contribution in [3.63, 3.8) is 0 Å². The number of aromatic amines is 1. The Balaban J connectivity index is 1.88. The maximum absolute atomic E-state index is 6.12. The van der Waals surface area contributed by atoms with Crippen molar-refractivity contribution in [1.82, 2.24) is 10.1 Å². The summed E-state index contributed by atoms with van der Waals surface area (Å²) in [5.41, 5.74) is 3.80. The molecule has 23 heavy (non-hydrogen) atoms. The van der Waals surface area contributed by atoms with Crippen LogP contribution in [0.4, 0.5) is 0 Å². The van der Waals surface area contributed by atoms with Crippen LogP contribution in [-0.4, -0.2) is 10.1 Å². The van der Waals surface area contributed by atoms with Crippen molar-refractivity contribution < 1.29 is 4.52 Å². The molecular formula is C19H11ClN2O. The summed E-state index contributed by atoms with van der Waals surface area (Å²) in [4.78, 5) is 4.74. The van der Waals surface area contributed by atoms with Gasteiger partial charge >= 0.3 is 0 Å². The predicted molar refractivity (Wildman–Crippen MR) is 93.8 cm³/mol. The third kappa shape index (κ3) is 1.80. The van der Waals surface area contributed by atoms with Crippen molar-refractivity contribution in [3.8, 4) is 11.3 Å². The van der Waals surface area contributed by atoms with Crippen LogP contribution in [-0.2, 0) is 0 Å². The Kier molecular flexibility index (Phi) is 2.55. The molecule has 0 unspecified atom stereocenters. The van der Waals surface area contributed by atoms with Crippen molar-refractivity contribution in [1.29, 1.82) is 0 Å². The highest BCUT2D eigenvalue weighted by molar-refractivity contribution is 6.32. The van der Waals surface area contributed by atoms with E-state index in [2.05, 4.69) is 17.3 Å². The Labute approximate surface area is 136 Å². The van der Waals surface area contributed by atoms with Gasteiger partial charge in [-0.25, -0.2) is 10.1 Å². The van der Waals surface area contributed by atoms with Crippen molar-refractivity contribution in [2.24, 2.45) is 0 Å². The number of nitrogens with one attached hydrogen (secondary N) is 1. The summed E-state index contributed by atoms with van der Waals surface area (Å²) in [6, 6.07) is 20.0. The molecule has 0 aliphatic rings. The molecule has 3 nitrogen and oxygen atoms in total. The van der Waals surface area contributed by atoms with Gasteiger partial charge in [-0.1, -0.05) is 48.0 Å². The van der Waals surface area contributed by atoms with E-state index < -0.39 is 0 Å². The number of benzene rings is 3. The lowest BCUT2D eigenvalue weighted by Gasteiger charge is -1.96. The summed E-state index contributed by atoms with van der Waals surface area (Å²) in [6.45, 7) is 0. The minimum atomic E-state index is 0.716. The minimum absolute atomic E-state index is 0.716. The van der Waals surface area contributed by atoms with Gasteiger partial charge in [0.2, 0.25) is 0 Å². The molecule has 4 heteroatoms. The zero-order chi connectivity index (χ0) is 15.4. The van der Waals surface area contributed by atoms with E-state index in [9.17, 15) is 0 Å². The number of fused-ring (bicyclic) bond motifs is 5. The third-order valence-corrected chi connectivity index (χ3v) is 4.43. The summed E-state index contributed by atoms with van der Waals surface area (Å²) in [5, 5.41) is 6.91. The van der Waals surface area contributed by atoms with Crippen LogP contribution in [0.2, 0.25) is 5.02 Å². The van der Waals surface area contributed by atoms with Gasteiger partial charge in [-0.15, -0.1) is 0 Å². The second kappa shape index (κ2) is 4.61. The van der Waals surface area contributed by atoms with Crippen molar-refractivity contribution in [3.05, 3.63) is 65.7 Å². The van der Waals surface area contributed by atoms with E-state index in [-0.39, 0.29) is 0 Å². The van der Waals surface area contributed by atoms with Crippen molar-refractivity contribution in [2.45, 2.75) is 0 Å². The number of halogens is 1. The van der Waals surface area contributed by atoms with Gasteiger partial charge in [0.1, 0.15) is 5.52 Å². The summed E-state index contributed by atoms with van der Waals surface area (Å²) in [5.74, 6) is 0.826. The van der Waals surface area contributed by atoms with Crippen LogP contribution < -0.4 is 0 Å². The first kappa shape index (κ1) is 12.7. The quantitative estimate of drug-likeness (QED) is 0.425. The summed E-state index contributed by atoms with van der Waals surface area (Å²) in [7, 11) is 0. The molecule has 0 saturated carbocycles. The maximum Gasteiger partial charge on any atom is 0.171 e. The average molecular weight is 319 g/mol. The van der Waals surface area contributed by atoms with Gasteiger partial charge in [0.15, 0.2) is 5.76 Å². The molecule has 2 aromatic heterocycles. The number of H-pyrrole nitrogens is 1. The molecule has 0 aliphatic heterocycles. The molecule has 1 N–H and O–H groups in total. The molecule has 0 radical (unpaired) electrons. The van der Waals surface area contributed by atoms with E-state index in [1.165, 1.54) is 0 Å². The first-order valence-electron chi connectivity index (χ1n) is 7.35. The topological polar surface area (TPSA) is 41.8 Å². The van der Waals surface area contributed by atoms with Crippen LogP contribution in [0.3, 0.4) is 0 Å². The zero-order valence-corrected chi connectivity index (χ0v) is 12.8. The number of nitrogens with zero attached hydrogens (tertiary/aromatic N) is 1. The largest absolute Gasteiger partial charge is 0.381 e. The van der Waals surface area contributed by atoms with E-state index in [0.29, 0.717) is 5.02 Å². The van der Waals surface area contributed by atoms with E-state index in [1.54, 1.807) is 0 Å². The smallest absolute Gasteiger partial charge is 0.171 e. The van der Waals surface area contributed by atoms with E-state index >= 15 is 0 Å². The van der Waals surface area contributed by atoms with Gasteiger partial charge in [-0.3, -0.25) is 0 Å². The fourth-order valence-electron chi connectivity index (χ4n) is 3.12. The SMILES string of the molecule is Clc1ccc2nc3c(ccc4c(-c5ccccc5)o[nH]c43)c2c1. The van der Waals surface area contributed by atoms with Gasteiger partial charge in [0.25, 0.3) is 0 Å². The predicted octanol–water partition coefficient (Wildman–Crippen LogP) is 5.78. The molecule has 0 saturated heterocycles. The Morgan fingerprint density at radius 1 is 0.870 bits per heavy atom. The van der Waals surface area contributed by atoms with Crippen LogP contribution in [0.15, 0.2) is 65.2 Å². The molecule has 110 valence electrons. The third-order valence-electron chi connectivity index (χ3n) is 4.19. The first-order chi connectivity index (χ1) is 11.3. The second-order valence-corrected chi connectivity index (χ2v) is 5.99. The number of hydrogen-bond donors (Lipinski definition) is 1. The van der Waals surface area contributed by atoms with Crippen LogP contribution in [0, 0.1) is 0 Å². The van der Waals surface area contributed by atoms with Crippen LogP contribution in [0.25, 0.3) is 44.0 Å². The van der Waals surface area contributed by atoms with Gasteiger partial charge in [-0.05, 0) is 24.3 Å². The van der Waals surface area contributed by atoms with Gasteiger partial charge in [-0.2, -0.15) is 0 Å². The minimum Gasteiger partial charge on any atom is -0.381 e. The molecule has 0 spiro atoms. The molecule has 5 aromatic rings. The lowest BCUT2D eigenvalue weighted by atomic mass is 10.1. The Morgan fingerprint density at radius 2 is 1.70 bits per heavy atom. The molecule has 0 atom stereocenters. The van der Waals surface area contributed by atoms with E-state index in [1.807, 2.05) is 48.5 Å². The normalized spacial score (nSPS) is 11.7. The highest BCUT2D eigenvalue weighted by atomic mass is 35.5. The lowest BCUT2D eigenvalue weighted by Crippen LogP contribution is -1.75. The summed E-state index contributed by atoms with van der Waals surface area (Å²) >= 11 is 6.12. The summed E-state index contributed by atoms with van der Waals surface area (Å²) in [6.07, 6.45) is 0. The number of rotatable bonds is 1. The molecular weight excluding hydrogens is 308 g/mol. The number of aromatic nitrogens is 2. The second-order valence-electron chi connectivity index (χ2n) is 5.56. The molecule has 0 fully saturated rings. The standard InChI is InChI=1S/C19H11ClN2O/c20-12-6-9-16-15(10-12)13-7-8-14-18(17(13)21-16)22-23-19(14)11-4-2-1-3-5-11/h1-10,22H. The molecule has 3 aromatic carbocycles. The fourth-order valence-corrected chi connectivity index (χ4v) is 3.29. The first-order valence-corrected chi connectivity index (χ1v) is 7.73. The fraction of sp³-hybridized carbons (Fsp3) is 0. The highest BCUT2D eigenvalue weighted by Gasteiger charge is 2.15. The molecule has 0 aliphatic carbocycles. The Bertz CT molecular complexity index is 1170. The van der Waals surface area contributed by atoms with Crippen LogP contribution in [0.1, 0.15) is 0 Å². The van der Waals surface area contributed by atoms with Gasteiger partial charge in [0.05, 0.1) is 11.0 Å². The average Bonchev–Trinajstić information content (AvgIpc) is 3.16. The zero-order valence-electron chi connectivity index (χ0n) is 12.0. The van der Waals surface area contributed by atoms with E-state index in [0.717, 1.165) is 44.0 Å². The summed E-state index contributed by atoms with van der Waals surface area (Å²) < 4.78 is 5.74. The monoisotopic (exact) mass is 318 g/mol. The lowest BCUT2D eigenvalue weighted by molar-refractivity contribution is 0.441. The van der Waals surface area contributed by atoms with Gasteiger partial charge < -0.3 is 4.52 Å². The Hall–Kier alpha value is -2.78. The molecule has 0 bridgehead atoms. The molecule has 2 heterocycles. The molecule has 0 amide bonds. The van der Waals surface area contributed by atoms with Gasteiger partial charge in [0, 0.05) is 26.7 Å². The van der Waals surface area contributed by atoms with Crippen LogP contribution >= 0.6 is 11.6 Å².